The van der Waals surface area contributed by atoms with Gasteiger partial charge in [0.1, 0.15) is 23.7 Å². The Bertz CT molecular complexity index is 1450. The minimum Gasteiger partial charge on any atom is -0.453 e. The van der Waals surface area contributed by atoms with Gasteiger partial charge in [0.2, 0.25) is 11.8 Å². The lowest BCUT2D eigenvalue weighted by molar-refractivity contribution is -0.136. The number of nitrogens with zero attached hydrogens (tertiary/aromatic N) is 4. The van der Waals surface area contributed by atoms with Crippen LogP contribution in [0.25, 0.3) is 0 Å². The normalized spacial score (nSPS) is 23.8. The van der Waals surface area contributed by atoms with Crippen LogP contribution in [0.3, 0.4) is 0 Å². The van der Waals surface area contributed by atoms with Gasteiger partial charge in [-0.3, -0.25) is 9.59 Å². The highest BCUT2D eigenvalue weighted by Gasteiger charge is 2.39. The summed E-state index contributed by atoms with van der Waals surface area (Å²) in [4.78, 5) is 71.0. The Hall–Kier alpha value is -4.10. The molecule has 2 aliphatic heterocycles. The third-order valence-electron chi connectivity index (χ3n) is 10.5. The van der Waals surface area contributed by atoms with Gasteiger partial charge < -0.3 is 39.9 Å². The van der Waals surface area contributed by atoms with E-state index in [2.05, 4.69) is 20.6 Å². The zero-order valence-electron chi connectivity index (χ0n) is 29.8. The lowest BCUT2D eigenvalue weighted by atomic mass is 9.79. The molecule has 0 bridgehead atoms. The van der Waals surface area contributed by atoms with E-state index < -0.39 is 24.3 Å². The van der Waals surface area contributed by atoms with E-state index in [0.29, 0.717) is 24.9 Å². The number of hydrogen-bond donors (Lipinski definition) is 4. The second-order valence-electron chi connectivity index (χ2n) is 14.5. The molecule has 2 aromatic rings. The summed E-state index contributed by atoms with van der Waals surface area (Å²) < 4.78 is 9.51. The number of H-pyrrole nitrogens is 2. The van der Waals surface area contributed by atoms with Crippen molar-refractivity contribution in [1.82, 2.24) is 40.4 Å². The number of aromatic nitrogens is 4. The molecule has 270 valence electrons. The van der Waals surface area contributed by atoms with Crippen molar-refractivity contribution in [1.29, 1.82) is 0 Å². The second kappa shape index (κ2) is 16.1. The SMILES string of the molecule is COC(=O)N[C@H](C(=O)N1CCC[C@H]1c1ncc(CC2CCC(c3cnc([C@@H]4CCCN4C(=O)[C@@H](NC(=O)OC)C(C)C)[nH]3)CC2)[nH]1)C(C)C. The van der Waals surface area contributed by atoms with Crippen LogP contribution < -0.4 is 10.6 Å². The van der Waals surface area contributed by atoms with Crippen molar-refractivity contribution in [3.8, 4) is 0 Å². The van der Waals surface area contributed by atoms with Gasteiger partial charge in [0.25, 0.3) is 0 Å². The molecule has 0 radical (unpaired) electrons. The minimum atomic E-state index is -0.657. The van der Waals surface area contributed by atoms with Crippen molar-refractivity contribution in [3.05, 3.63) is 35.4 Å². The summed E-state index contributed by atoms with van der Waals surface area (Å²) in [5, 5.41) is 5.41. The Kier molecular flexibility index (Phi) is 11.9. The van der Waals surface area contributed by atoms with Crippen molar-refractivity contribution >= 4 is 24.0 Å². The zero-order valence-corrected chi connectivity index (χ0v) is 29.8. The van der Waals surface area contributed by atoms with E-state index in [9.17, 15) is 19.2 Å². The summed E-state index contributed by atoms with van der Waals surface area (Å²) in [7, 11) is 2.60. The number of carbonyl (C=O) groups excluding carboxylic acids is 4. The zero-order chi connectivity index (χ0) is 35.2. The topological polar surface area (TPSA) is 175 Å². The lowest BCUT2D eigenvalue weighted by Crippen LogP contribution is -2.51. The molecular formula is C35H54N8O6. The van der Waals surface area contributed by atoms with Gasteiger partial charge in [-0.2, -0.15) is 0 Å². The third-order valence-corrected chi connectivity index (χ3v) is 10.5. The first kappa shape index (κ1) is 36.2. The first-order chi connectivity index (χ1) is 23.5. The summed E-state index contributed by atoms with van der Waals surface area (Å²) in [6.07, 6.45) is 11.2. The molecule has 1 aliphatic carbocycles. The van der Waals surface area contributed by atoms with Crippen LogP contribution in [0.4, 0.5) is 9.59 Å². The highest BCUT2D eigenvalue weighted by atomic mass is 16.5. The molecule has 49 heavy (non-hydrogen) atoms. The monoisotopic (exact) mass is 682 g/mol. The Labute approximate surface area is 288 Å². The van der Waals surface area contributed by atoms with Crippen LogP contribution in [-0.4, -0.2) is 93.1 Å². The molecule has 0 aromatic carbocycles. The fourth-order valence-corrected chi connectivity index (χ4v) is 7.75. The first-order valence-electron chi connectivity index (χ1n) is 17.9. The number of nitrogens with one attached hydrogen (secondary N) is 4. The van der Waals surface area contributed by atoms with Gasteiger partial charge in [-0.05, 0) is 75.5 Å². The predicted molar refractivity (Wildman–Crippen MR) is 181 cm³/mol. The molecule has 2 saturated heterocycles. The van der Waals surface area contributed by atoms with Gasteiger partial charge in [-0.1, -0.05) is 27.7 Å². The Morgan fingerprint density at radius 1 is 0.755 bits per heavy atom. The molecule has 1 saturated carbocycles. The smallest absolute Gasteiger partial charge is 0.407 e. The largest absolute Gasteiger partial charge is 0.453 e. The van der Waals surface area contributed by atoms with Crippen LogP contribution in [0.1, 0.15) is 120 Å². The number of carbonyl (C=O) groups is 4. The van der Waals surface area contributed by atoms with E-state index in [-0.39, 0.29) is 35.7 Å². The summed E-state index contributed by atoms with van der Waals surface area (Å²) in [5.74, 6) is 2.16. The van der Waals surface area contributed by atoms with E-state index in [1.54, 1.807) is 0 Å². The van der Waals surface area contributed by atoms with Gasteiger partial charge >= 0.3 is 12.2 Å². The van der Waals surface area contributed by atoms with Crippen LogP contribution in [0.15, 0.2) is 12.4 Å². The van der Waals surface area contributed by atoms with Gasteiger partial charge in [0.15, 0.2) is 0 Å². The maximum Gasteiger partial charge on any atom is 0.407 e. The summed E-state index contributed by atoms with van der Waals surface area (Å²) in [5.41, 5.74) is 2.21. The number of likely N-dealkylation sites (tertiary alicyclic amines) is 2. The van der Waals surface area contributed by atoms with Crippen LogP contribution >= 0.6 is 0 Å². The molecule has 2 aromatic heterocycles. The fourth-order valence-electron chi connectivity index (χ4n) is 7.75. The summed E-state index contributed by atoms with van der Waals surface area (Å²) in [6.45, 7) is 8.92. The van der Waals surface area contributed by atoms with Crippen molar-refractivity contribution in [3.63, 3.8) is 0 Å². The van der Waals surface area contributed by atoms with E-state index in [1.807, 2.05) is 49.9 Å². The number of rotatable bonds is 11. The van der Waals surface area contributed by atoms with Gasteiger partial charge in [0.05, 0.1) is 26.3 Å². The summed E-state index contributed by atoms with van der Waals surface area (Å²) >= 11 is 0. The van der Waals surface area contributed by atoms with Crippen LogP contribution in [0.5, 0.6) is 0 Å². The van der Waals surface area contributed by atoms with Crippen LogP contribution in [0.2, 0.25) is 0 Å². The Morgan fingerprint density at radius 3 is 1.73 bits per heavy atom. The Morgan fingerprint density at radius 2 is 1.24 bits per heavy atom. The molecule has 0 spiro atoms. The number of imidazole rings is 2. The van der Waals surface area contributed by atoms with Crippen molar-refractivity contribution in [2.45, 2.75) is 116 Å². The molecular weight excluding hydrogens is 628 g/mol. The number of methoxy groups -OCH3 is 2. The molecule has 4 atom stereocenters. The van der Waals surface area contributed by atoms with Crippen LogP contribution in [-0.2, 0) is 25.5 Å². The average molecular weight is 683 g/mol. The second-order valence-corrected chi connectivity index (χ2v) is 14.5. The summed E-state index contributed by atoms with van der Waals surface area (Å²) in [6, 6.07) is -1.59. The quantitative estimate of drug-likeness (QED) is 0.263. The third kappa shape index (κ3) is 8.38. The molecule has 0 unspecified atom stereocenters. The van der Waals surface area contributed by atoms with Crippen molar-refractivity contribution in [2.75, 3.05) is 27.3 Å². The number of amides is 4. The number of ether oxygens (including phenoxy) is 2. The standard InChI is InChI=1S/C35H54N8O6/c1-20(2)28(40-34(46)48-5)32(44)42-15-7-9-26(42)30-36-18-24(38-30)17-22-11-13-23(14-12-22)25-19-37-31(39-25)27-10-8-16-43(27)33(45)29(21(3)4)41-35(47)49-6/h18-23,26-29H,7-17H2,1-6H3,(H,36,38)(H,37,39)(H,40,46)(H,41,47)/t22?,23?,26-,27-,28-,29-/m0/s1. The van der Waals surface area contributed by atoms with E-state index in [4.69, 9.17) is 19.4 Å². The highest BCUT2D eigenvalue weighted by Crippen LogP contribution is 2.39. The van der Waals surface area contributed by atoms with Gasteiger partial charge in [0, 0.05) is 42.8 Å². The lowest BCUT2D eigenvalue weighted by Gasteiger charge is -2.30. The highest BCUT2D eigenvalue weighted by molar-refractivity contribution is 5.87. The minimum absolute atomic E-state index is 0.0792. The molecule has 14 nitrogen and oxygen atoms in total. The van der Waals surface area contributed by atoms with E-state index >= 15 is 0 Å². The number of alkyl carbamates (subject to hydrolysis) is 2. The predicted octanol–water partition coefficient (Wildman–Crippen LogP) is 4.74. The number of aromatic amines is 2. The average Bonchev–Trinajstić information content (AvgIpc) is 3.92. The molecule has 5 rings (SSSR count). The molecule has 14 heteroatoms. The van der Waals surface area contributed by atoms with E-state index in [0.717, 1.165) is 80.8 Å². The Balaban J connectivity index is 1.15. The maximum absolute atomic E-state index is 13.5. The molecule has 4 amide bonds. The van der Waals surface area contributed by atoms with Gasteiger partial charge in [-0.15, -0.1) is 0 Å². The van der Waals surface area contributed by atoms with E-state index in [1.165, 1.54) is 14.2 Å². The maximum atomic E-state index is 13.5. The molecule has 4 N–H and O–H groups in total. The molecule has 3 aliphatic rings. The number of hydrogen-bond acceptors (Lipinski definition) is 8. The van der Waals surface area contributed by atoms with Crippen molar-refractivity contribution < 1.29 is 28.7 Å². The molecule has 4 heterocycles. The molecule has 3 fully saturated rings. The van der Waals surface area contributed by atoms with Crippen LogP contribution in [0, 0.1) is 17.8 Å². The fraction of sp³-hybridized carbons (Fsp3) is 0.714. The van der Waals surface area contributed by atoms with Crippen molar-refractivity contribution in [2.24, 2.45) is 17.8 Å². The first-order valence-corrected chi connectivity index (χ1v) is 17.9. The van der Waals surface area contributed by atoms with Gasteiger partial charge in [-0.25, -0.2) is 19.6 Å².